The normalized spacial score (nSPS) is 0. The third-order valence-electron chi connectivity index (χ3n) is 0. The Kier molecular flexibility index (Phi) is 291. The van der Waals surface area contributed by atoms with E-state index in [1.165, 1.54) is 0 Å². The molecule has 0 aromatic heterocycles. The molecule has 0 amide bonds. The molecular formula is H5ArKrNNeOXe. The summed E-state index contributed by atoms with van der Waals surface area (Å²) in [5, 5.41) is 0. The molecule has 0 aliphatic rings. The van der Waals surface area contributed by atoms with Crippen LogP contribution in [0.2, 0.25) is 0 Å². The van der Waals surface area contributed by atoms with Crippen LogP contribution in [0.4, 0.5) is 0 Å². The average Bonchev–Trinajstić information content (AvgIpc) is 0. The standard InChI is InChI=1S/Ar.Kr.H3N.Ne.H2O.Xe/h;;1H3;;1H2;. The van der Waals surface area contributed by atoms with Crippen LogP contribution in [-0.4, -0.2) is 5.48 Å². The minimum atomic E-state index is 0. The Labute approximate surface area is 145 Å². The molecule has 0 rings (SSSR count). The van der Waals surface area contributed by atoms with E-state index >= 15 is 0 Å². The Morgan fingerprint density at radius 3 is 1.00 bits per heavy atom. The van der Waals surface area contributed by atoms with Crippen molar-refractivity contribution in [2.24, 2.45) is 0 Å². The Morgan fingerprint density at radius 1 is 1.00 bits per heavy atom. The van der Waals surface area contributed by atoms with Gasteiger partial charge in [-0.1, -0.05) is 0 Å². The number of hydrogen-bond donors (Lipinski definition) is 1. The van der Waals surface area contributed by atoms with Gasteiger partial charge in [0.05, 0.1) is 0 Å². The van der Waals surface area contributed by atoms with E-state index in [0.717, 1.165) is 0 Å². The summed E-state index contributed by atoms with van der Waals surface area (Å²) in [6.45, 7) is 0. The van der Waals surface area contributed by atoms with Gasteiger partial charge in [-0.25, -0.2) is 0 Å². The largest absolute Gasteiger partial charge is 0.412 e. The molecule has 0 aliphatic heterocycles. The Balaban J connectivity index is 0. The Bertz CT molecular complexity index is 15.5. The second-order valence-electron chi connectivity index (χ2n) is 0. The molecule has 0 saturated carbocycles. The van der Waals surface area contributed by atoms with Gasteiger partial charge >= 0.3 is 0 Å². The van der Waals surface area contributed by atoms with Crippen LogP contribution in [0.15, 0.2) is 0 Å². The first kappa shape index (κ1) is 49.4. The molecule has 0 aliphatic carbocycles. The van der Waals surface area contributed by atoms with Crippen molar-refractivity contribution >= 4 is 0 Å². The van der Waals surface area contributed by atoms with Gasteiger partial charge in [0.2, 0.25) is 0 Å². The molecule has 0 fully saturated rings. The van der Waals surface area contributed by atoms with Crippen LogP contribution in [0.1, 0.15) is 0 Å². The second-order valence-corrected chi connectivity index (χ2v) is 0. The van der Waals surface area contributed by atoms with Crippen LogP contribution in [0.3, 0.4) is 0 Å². The summed E-state index contributed by atoms with van der Waals surface area (Å²) >= 11 is 0. The second kappa shape index (κ2) is 35.3. The Hall–Kier alpha value is 4.14. The topological polar surface area (TPSA) is 66.5 Å². The zero-order valence-corrected chi connectivity index (χ0v) is 6.83. The van der Waals surface area contributed by atoms with Crippen molar-refractivity contribution in [2.45, 2.75) is 0 Å². The van der Waals surface area contributed by atoms with E-state index in [9.17, 15) is 0 Å². The van der Waals surface area contributed by atoms with E-state index in [0.29, 0.717) is 0 Å². The fraction of sp³-hybridized carbons (Fsp3) is 0. The van der Waals surface area contributed by atoms with Crippen LogP contribution in [0.5, 0.6) is 0 Å². The molecule has 0 saturated heterocycles. The summed E-state index contributed by atoms with van der Waals surface area (Å²) < 4.78 is 0. The van der Waals surface area contributed by atoms with Crippen molar-refractivity contribution in [3.05, 3.63) is 0 Å². The van der Waals surface area contributed by atoms with E-state index in [4.69, 9.17) is 0 Å². The first-order valence-electron chi connectivity index (χ1n) is 0. The quantitative estimate of drug-likeness (QED) is 0.634. The fourth-order valence-electron chi connectivity index (χ4n) is 0. The zero-order chi connectivity index (χ0) is 0. The maximum Gasteiger partial charge on any atom is 0 e. The molecule has 0 heterocycles. The Morgan fingerprint density at radius 2 is 1.00 bits per heavy atom. The summed E-state index contributed by atoms with van der Waals surface area (Å²) in [6.07, 6.45) is 0. The molecule has 0 bridgehead atoms. The first-order chi connectivity index (χ1) is 0. The van der Waals surface area contributed by atoms with E-state index < -0.39 is 0 Å². The smallest absolute Gasteiger partial charge is 0 e. The third-order valence-corrected chi connectivity index (χ3v) is 0. The van der Waals surface area contributed by atoms with Crippen LogP contribution in [0.25, 0.3) is 0 Å². The molecule has 0 atom stereocenters. The average molecular weight is 310 g/mol. The predicted molar refractivity (Wildman–Crippen MR) is 8.64 cm³/mol. The maximum absolute atomic E-state index is 0. The number of hydrogen-bond acceptors (Lipinski definition) is 1. The van der Waals surface area contributed by atoms with Gasteiger partial charge in [-0.05, 0) is 0 Å². The molecule has 0 aromatic rings. The monoisotopic (exact) mass is 311 g/mol. The van der Waals surface area contributed by atoms with Crippen molar-refractivity contribution in [3.8, 4) is 0 Å². The summed E-state index contributed by atoms with van der Waals surface area (Å²) in [5.41, 5.74) is 0. The van der Waals surface area contributed by atoms with Crippen LogP contribution in [-0.2, 0) is 0 Å². The molecular weight excluding hydrogens is 305 g/mol. The van der Waals surface area contributed by atoms with Crippen LogP contribution in [0, 0.1) is 138 Å². The van der Waals surface area contributed by atoms with Gasteiger partial charge in [-0.15, -0.1) is 0 Å². The first-order valence-corrected chi connectivity index (χ1v) is 0. The zero-order valence-electron chi connectivity index (χ0n) is 2.62. The van der Waals surface area contributed by atoms with Crippen molar-refractivity contribution in [1.82, 2.24) is 6.15 Å². The molecule has 0 unspecified atom stereocenters. The van der Waals surface area contributed by atoms with Gasteiger partial charge in [0.1, 0.15) is 0 Å². The molecule has 6 heteroatoms. The summed E-state index contributed by atoms with van der Waals surface area (Å²) in [5.74, 6) is 0. The van der Waals surface area contributed by atoms with Crippen molar-refractivity contribution in [1.29, 1.82) is 0 Å². The molecule has 0 radical (unpaired) electrons. The molecule has 0 aromatic carbocycles. The predicted octanol–water partition coefficient (Wildman–Crippen LogP) is -0.663. The molecule has 5 N–H and O–H groups in total. The maximum atomic E-state index is 0. The summed E-state index contributed by atoms with van der Waals surface area (Å²) in [6, 6.07) is 0. The van der Waals surface area contributed by atoms with Gasteiger partial charge in [0, 0.05) is 138 Å². The van der Waals surface area contributed by atoms with Crippen molar-refractivity contribution in [3.63, 3.8) is 0 Å². The van der Waals surface area contributed by atoms with Gasteiger partial charge in [0.25, 0.3) is 0 Å². The van der Waals surface area contributed by atoms with Gasteiger partial charge in [-0.3, -0.25) is 0 Å². The summed E-state index contributed by atoms with van der Waals surface area (Å²) in [4.78, 5) is 0. The third kappa shape index (κ3) is 24.2. The number of rotatable bonds is 0. The molecule has 2 nitrogen and oxygen atoms in total. The van der Waals surface area contributed by atoms with E-state index in [1.807, 2.05) is 0 Å². The SMILES string of the molecule is N.O.[Ar].[Kr].[Ne].[Xe]. The van der Waals surface area contributed by atoms with Crippen LogP contribution < -0.4 is 6.15 Å². The van der Waals surface area contributed by atoms with E-state index in [2.05, 4.69) is 0 Å². The van der Waals surface area contributed by atoms with Gasteiger partial charge < -0.3 is 11.6 Å². The van der Waals surface area contributed by atoms with Gasteiger partial charge in [0.15, 0.2) is 0 Å². The van der Waals surface area contributed by atoms with Crippen LogP contribution >= 0.6 is 0 Å². The van der Waals surface area contributed by atoms with Gasteiger partial charge in [-0.2, -0.15) is 0 Å². The molecule has 6 heavy (non-hydrogen) atoms. The minimum Gasteiger partial charge on any atom is -0.412 e. The van der Waals surface area contributed by atoms with Crippen molar-refractivity contribution < 1.29 is 144 Å². The van der Waals surface area contributed by atoms with E-state index in [1.54, 1.807) is 0 Å². The van der Waals surface area contributed by atoms with E-state index in [-0.39, 0.29) is 150 Å². The van der Waals surface area contributed by atoms with Crippen molar-refractivity contribution in [2.75, 3.05) is 0 Å². The molecule has 0 spiro atoms. The molecule has 48 valence electrons. The fourth-order valence-corrected chi connectivity index (χ4v) is 0. The summed E-state index contributed by atoms with van der Waals surface area (Å²) in [7, 11) is 0. The minimum absolute atomic E-state index is 0.